The molecule has 1 aliphatic rings. The van der Waals surface area contributed by atoms with E-state index >= 15 is 0 Å². The highest BCUT2D eigenvalue weighted by Gasteiger charge is 2.43. The molecule has 0 aromatic heterocycles. The third kappa shape index (κ3) is 3.67. The molecule has 0 bridgehead atoms. The van der Waals surface area contributed by atoms with Crippen LogP contribution in [0.3, 0.4) is 0 Å². The Kier molecular flexibility index (Phi) is 5.11. The average molecular weight is 289 g/mol. The Labute approximate surface area is 130 Å². The number of methoxy groups -OCH3 is 1. The Morgan fingerprint density at radius 2 is 1.76 bits per heavy atom. The van der Waals surface area contributed by atoms with E-state index in [1.807, 2.05) is 7.11 Å². The second-order valence-corrected chi connectivity index (χ2v) is 7.40. The zero-order valence-corrected chi connectivity index (χ0v) is 14.3. The summed E-state index contributed by atoms with van der Waals surface area (Å²) in [6.45, 7) is 6.95. The van der Waals surface area contributed by atoms with Crippen LogP contribution in [0.5, 0.6) is 0 Å². The maximum Gasteiger partial charge on any atom is 0.0834 e. The van der Waals surface area contributed by atoms with Gasteiger partial charge in [0.15, 0.2) is 0 Å². The molecular formula is C19H31NO. The van der Waals surface area contributed by atoms with Crippen LogP contribution in [0.1, 0.15) is 50.7 Å². The summed E-state index contributed by atoms with van der Waals surface area (Å²) in [5.74, 6) is 0. The maximum absolute atomic E-state index is 6.07. The summed E-state index contributed by atoms with van der Waals surface area (Å²) in [6.07, 6.45) is 5.82. The Morgan fingerprint density at radius 1 is 1.14 bits per heavy atom. The normalized spacial score (nSPS) is 22.0. The van der Waals surface area contributed by atoms with Gasteiger partial charge in [-0.15, -0.1) is 0 Å². The predicted molar refractivity (Wildman–Crippen MR) is 89.7 cm³/mol. The number of benzene rings is 1. The van der Waals surface area contributed by atoms with Crippen molar-refractivity contribution in [3.05, 3.63) is 35.4 Å². The average Bonchev–Trinajstić information content (AvgIpc) is 2.47. The molecule has 0 spiro atoms. The molecule has 21 heavy (non-hydrogen) atoms. The lowest BCUT2D eigenvalue weighted by Gasteiger charge is -2.47. The zero-order valence-electron chi connectivity index (χ0n) is 14.3. The number of nitrogens with one attached hydrogen (secondary N) is 1. The van der Waals surface area contributed by atoms with Crippen LogP contribution in [0.15, 0.2) is 24.3 Å². The fourth-order valence-corrected chi connectivity index (χ4v) is 3.65. The van der Waals surface area contributed by atoms with Crippen LogP contribution in [0.2, 0.25) is 0 Å². The highest BCUT2D eigenvalue weighted by molar-refractivity contribution is 5.27. The van der Waals surface area contributed by atoms with Gasteiger partial charge in [0.05, 0.1) is 5.60 Å². The van der Waals surface area contributed by atoms with Crippen LogP contribution < -0.4 is 5.32 Å². The van der Waals surface area contributed by atoms with Crippen LogP contribution in [0.4, 0.5) is 0 Å². The first-order valence-electron chi connectivity index (χ1n) is 8.19. The second-order valence-electron chi connectivity index (χ2n) is 7.40. The highest BCUT2D eigenvalue weighted by Crippen LogP contribution is 2.43. The van der Waals surface area contributed by atoms with Crippen LogP contribution in [0, 0.1) is 12.3 Å². The molecule has 1 aromatic carbocycles. The summed E-state index contributed by atoms with van der Waals surface area (Å²) in [5.41, 5.74) is 3.24. The highest BCUT2D eigenvalue weighted by atomic mass is 16.5. The molecular weight excluding hydrogens is 258 g/mol. The van der Waals surface area contributed by atoms with Crippen LogP contribution in [-0.2, 0) is 11.2 Å². The zero-order chi connectivity index (χ0) is 15.5. The number of likely N-dealkylation sites (N-methyl/N-ethyl adjacent to an activating group) is 1. The SMILES string of the molecule is CNC(Cc1ccccc1C)C1(OC)CCC(C)(C)CC1. The first-order chi connectivity index (χ1) is 9.92. The van der Waals surface area contributed by atoms with E-state index < -0.39 is 0 Å². The van der Waals surface area contributed by atoms with Crippen molar-refractivity contribution in [3.63, 3.8) is 0 Å². The molecule has 1 atom stereocenters. The van der Waals surface area contributed by atoms with Crippen molar-refractivity contribution in [2.24, 2.45) is 5.41 Å². The van der Waals surface area contributed by atoms with Crippen molar-refractivity contribution in [1.82, 2.24) is 5.32 Å². The summed E-state index contributed by atoms with van der Waals surface area (Å²) < 4.78 is 6.07. The molecule has 0 amide bonds. The first-order valence-corrected chi connectivity index (χ1v) is 8.19. The fourth-order valence-electron chi connectivity index (χ4n) is 3.65. The van der Waals surface area contributed by atoms with Crippen molar-refractivity contribution in [2.45, 2.75) is 64.5 Å². The lowest BCUT2D eigenvalue weighted by Crippen LogP contribution is -2.54. The van der Waals surface area contributed by atoms with Crippen molar-refractivity contribution >= 4 is 0 Å². The van der Waals surface area contributed by atoms with Crippen LogP contribution in [-0.4, -0.2) is 25.8 Å². The lowest BCUT2D eigenvalue weighted by molar-refractivity contribution is -0.0847. The molecule has 1 N–H and O–H groups in total. The van der Waals surface area contributed by atoms with Gasteiger partial charge in [-0.1, -0.05) is 38.1 Å². The Morgan fingerprint density at radius 3 is 2.29 bits per heavy atom. The number of aryl methyl sites for hydroxylation is 1. The molecule has 1 fully saturated rings. The van der Waals surface area contributed by atoms with Crippen molar-refractivity contribution in [2.75, 3.05) is 14.2 Å². The van der Waals surface area contributed by atoms with Gasteiger partial charge >= 0.3 is 0 Å². The standard InChI is InChI=1S/C19H31NO/c1-15-8-6-7-9-16(15)14-17(20-4)19(21-5)12-10-18(2,3)11-13-19/h6-9,17,20H,10-14H2,1-5H3. The third-order valence-corrected chi connectivity index (χ3v) is 5.53. The van der Waals surface area contributed by atoms with Crippen LogP contribution in [0.25, 0.3) is 0 Å². The molecule has 118 valence electrons. The largest absolute Gasteiger partial charge is 0.377 e. The molecule has 1 aromatic rings. The van der Waals surface area contributed by atoms with Gasteiger partial charge in [-0.2, -0.15) is 0 Å². The van der Waals surface area contributed by atoms with Gasteiger partial charge in [0.25, 0.3) is 0 Å². The summed E-state index contributed by atoms with van der Waals surface area (Å²) in [5, 5.41) is 3.54. The topological polar surface area (TPSA) is 21.3 Å². The van der Waals surface area contributed by atoms with Gasteiger partial charge in [-0.25, -0.2) is 0 Å². The van der Waals surface area contributed by atoms with Crippen LogP contribution >= 0.6 is 0 Å². The first kappa shape index (κ1) is 16.5. The molecule has 2 nitrogen and oxygen atoms in total. The van der Waals surface area contributed by atoms with Crippen molar-refractivity contribution in [3.8, 4) is 0 Å². The molecule has 0 saturated heterocycles. The quantitative estimate of drug-likeness (QED) is 0.880. The molecule has 2 heteroatoms. The minimum absolute atomic E-state index is 0.0213. The number of ether oxygens (including phenoxy) is 1. The minimum atomic E-state index is -0.0213. The fraction of sp³-hybridized carbons (Fsp3) is 0.684. The lowest BCUT2D eigenvalue weighted by atomic mass is 9.67. The van der Waals surface area contributed by atoms with E-state index in [2.05, 4.69) is 57.4 Å². The van der Waals surface area contributed by atoms with E-state index in [4.69, 9.17) is 4.74 Å². The van der Waals surface area contributed by atoms with E-state index in [1.165, 1.54) is 24.0 Å². The van der Waals surface area contributed by atoms with Gasteiger partial charge in [0.1, 0.15) is 0 Å². The van der Waals surface area contributed by atoms with Gasteiger partial charge in [-0.05, 0) is 62.6 Å². The van der Waals surface area contributed by atoms with Gasteiger partial charge in [-0.3, -0.25) is 0 Å². The molecule has 1 unspecified atom stereocenters. The number of rotatable bonds is 5. The predicted octanol–water partition coefficient (Wildman–Crippen LogP) is 4.11. The Bertz CT molecular complexity index is 456. The molecule has 1 saturated carbocycles. The van der Waals surface area contributed by atoms with E-state index in [0.29, 0.717) is 11.5 Å². The number of hydrogen-bond donors (Lipinski definition) is 1. The third-order valence-electron chi connectivity index (χ3n) is 5.53. The van der Waals surface area contributed by atoms with Gasteiger partial charge in [0.2, 0.25) is 0 Å². The van der Waals surface area contributed by atoms with E-state index in [-0.39, 0.29) is 5.60 Å². The Hall–Kier alpha value is -0.860. The molecule has 0 heterocycles. The molecule has 0 aliphatic heterocycles. The molecule has 0 radical (unpaired) electrons. The summed E-state index contributed by atoms with van der Waals surface area (Å²) in [7, 11) is 3.96. The maximum atomic E-state index is 6.07. The van der Waals surface area contributed by atoms with Gasteiger partial charge in [0, 0.05) is 13.2 Å². The number of hydrogen-bond acceptors (Lipinski definition) is 2. The van der Waals surface area contributed by atoms with E-state index in [1.54, 1.807) is 0 Å². The summed E-state index contributed by atoms with van der Waals surface area (Å²) in [4.78, 5) is 0. The molecule has 2 rings (SSSR count). The summed E-state index contributed by atoms with van der Waals surface area (Å²) in [6, 6.07) is 9.07. The Balaban J connectivity index is 2.17. The van der Waals surface area contributed by atoms with E-state index in [0.717, 1.165) is 19.3 Å². The van der Waals surface area contributed by atoms with Crippen molar-refractivity contribution in [1.29, 1.82) is 0 Å². The van der Waals surface area contributed by atoms with Gasteiger partial charge < -0.3 is 10.1 Å². The van der Waals surface area contributed by atoms with E-state index in [9.17, 15) is 0 Å². The second kappa shape index (κ2) is 6.50. The monoisotopic (exact) mass is 289 g/mol. The smallest absolute Gasteiger partial charge is 0.0834 e. The summed E-state index contributed by atoms with van der Waals surface area (Å²) >= 11 is 0. The molecule has 1 aliphatic carbocycles. The van der Waals surface area contributed by atoms with Crippen molar-refractivity contribution < 1.29 is 4.74 Å². The minimum Gasteiger partial charge on any atom is -0.377 e.